The molecule has 1 aromatic heterocycles. The van der Waals surface area contributed by atoms with Gasteiger partial charge in [-0.2, -0.15) is 0 Å². The number of pyridine rings is 1. The van der Waals surface area contributed by atoms with E-state index in [1.54, 1.807) is 12.4 Å². The van der Waals surface area contributed by atoms with E-state index in [4.69, 9.17) is 18.9 Å². The molecule has 1 saturated heterocycles. The number of likely N-dealkylation sites (tertiary alicyclic amines) is 1. The molecule has 1 unspecified atom stereocenters. The zero-order chi connectivity index (χ0) is 31.3. The number of amides is 1. The number of ether oxygens (including phenoxy) is 4. The molecule has 1 fully saturated rings. The Morgan fingerprint density at radius 3 is 2.05 bits per heavy atom. The number of nitrogens with zero attached hydrogens (tertiary/aromatic N) is 2. The maximum absolute atomic E-state index is 13.7. The molecule has 44 heavy (non-hydrogen) atoms. The van der Waals surface area contributed by atoms with Crippen LogP contribution in [0.15, 0.2) is 67.0 Å². The van der Waals surface area contributed by atoms with Gasteiger partial charge in [-0.1, -0.05) is 30.3 Å². The van der Waals surface area contributed by atoms with Crippen molar-refractivity contribution in [3.8, 4) is 17.2 Å². The largest absolute Gasteiger partial charge is 0.496 e. The first-order chi connectivity index (χ1) is 21.4. The number of rotatable bonds is 15. The van der Waals surface area contributed by atoms with Crippen LogP contribution in [0.4, 0.5) is 0 Å². The van der Waals surface area contributed by atoms with E-state index in [1.165, 1.54) is 49.5 Å². The second kappa shape index (κ2) is 16.4. The predicted octanol–water partition coefficient (Wildman–Crippen LogP) is 5.63. The number of methoxy groups -OCH3 is 3. The van der Waals surface area contributed by atoms with Gasteiger partial charge >= 0.3 is 5.97 Å². The second-order valence-electron chi connectivity index (χ2n) is 10.9. The molecule has 0 N–H and O–H groups in total. The van der Waals surface area contributed by atoms with Crippen LogP contribution in [-0.2, 0) is 27.2 Å². The summed E-state index contributed by atoms with van der Waals surface area (Å²) in [6.07, 6.45) is 9.97. The van der Waals surface area contributed by atoms with Crippen LogP contribution in [0.1, 0.15) is 66.4 Å². The molecule has 2 atom stereocenters. The van der Waals surface area contributed by atoms with E-state index >= 15 is 0 Å². The van der Waals surface area contributed by atoms with Crippen LogP contribution < -0.4 is 14.2 Å². The van der Waals surface area contributed by atoms with E-state index in [9.17, 15) is 14.4 Å². The Hall–Kier alpha value is -4.40. The molecule has 234 valence electrons. The fraction of sp³-hybridized carbons (Fsp3) is 0.429. The van der Waals surface area contributed by atoms with Gasteiger partial charge in [0.15, 0.2) is 0 Å². The number of hydrogen-bond donors (Lipinski definition) is 0. The molecule has 0 aliphatic carbocycles. The van der Waals surface area contributed by atoms with Crippen LogP contribution >= 0.6 is 0 Å². The van der Waals surface area contributed by atoms with E-state index < -0.39 is 23.7 Å². The molecule has 0 spiro atoms. The Labute approximate surface area is 259 Å². The molecule has 2 heterocycles. The average molecular weight is 603 g/mol. The number of esters is 1. The monoisotopic (exact) mass is 602 g/mol. The molecule has 0 saturated carbocycles. The Morgan fingerprint density at radius 1 is 0.841 bits per heavy atom. The number of carbonyl (C=O) groups is 3. The number of benzene rings is 2. The number of hydrogen-bond acceptors (Lipinski definition) is 8. The zero-order valence-corrected chi connectivity index (χ0v) is 25.8. The lowest BCUT2D eigenvalue weighted by atomic mass is 9.98. The van der Waals surface area contributed by atoms with Gasteiger partial charge in [0.05, 0.1) is 21.3 Å². The third-order valence-electron chi connectivity index (χ3n) is 8.03. The number of Topliss-reactive ketones (excluding diaryl/α,β-unsaturated/α-hetero) is 1. The van der Waals surface area contributed by atoms with Gasteiger partial charge in [0, 0.05) is 31.1 Å². The fourth-order valence-corrected chi connectivity index (χ4v) is 5.65. The van der Waals surface area contributed by atoms with Crippen molar-refractivity contribution < 1.29 is 33.3 Å². The van der Waals surface area contributed by atoms with Crippen molar-refractivity contribution in [2.45, 2.75) is 69.9 Å². The van der Waals surface area contributed by atoms with E-state index in [-0.39, 0.29) is 29.7 Å². The van der Waals surface area contributed by atoms with Crippen molar-refractivity contribution >= 4 is 17.7 Å². The van der Waals surface area contributed by atoms with Crippen LogP contribution in [0.5, 0.6) is 17.2 Å². The lowest BCUT2D eigenvalue weighted by Crippen LogP contribution is -2.51. The van der Waals surface area contributed by atoms with Gasteiger partial charge in [-0.3, -0.25) is 14.6 Å². The number of ketones is 1. The van der Waals surface area contributed by atoms with Gasteiger partial charge < -0.3 is 23.8 Å². The third-order valence-corrected chi connectivity index (χ3v) is 8.03. The Balaban J connectivity index is 1.47. The Morgan fingerprint density at radius 2 is 1.45 bits per heavy atom. The van der Waals surface area contributed by atoms with E-state index in [0.717, 1.165) is 32.1 Å². The zero-order valence-electron chi connectivity index (χ0n) is 25.8. The SMILES string of the molecule is COc1cc(OC)c(C(=O)C(=O)N2CCCC[C@H]2C(=O)OC(CCCc2ccccc2)CCCc2ccncc2)c(OC)c1. The lowest BCUT2D eigenvalue weighted by Gasteiger charge is -2.34. The first kappa shape index (κ1) is 32.5. The van der Waals surface area contributed by atoms with Gasteiger partial charge in [-0.15, -0.1) is 0 Å². The quantitative estimate of drug-likeness (QED) is 0.125. The first-order valence-electron chi connectivity index (χ1n) is 15.2. The normalized spacial score (nSPS) is 15.2. The highest BCUT2D eigenvalue weighted by Gasteiger charge is 2.39. The minimum absolute atomic E-state index is 0.00612. The van der Waals surface area contributed by atoms with E-state index in [2.05, 4.69) is 17.1 Å². The van der Waals surface area contributed by atoms with Crippen molar-refractivity contribution in [1.82, 2.24) is 9.88 Å². The standard InChI is InChI=1S/C35H42N2O7/c1-41-28-23-30(42-2)32(31(24-28)43-3)33(38)34(39)37-22-8-7-17-29(37)35(40)44-27(15-9-13-25-11-5-4-6-12-25)16-10-14-26-18-20-36-21-19-26/h4-6,11-12,18-21,23-24,27,29H,7-10,13-17,22H2,1-3H3/t27?,29-/m0/s1. The van der Waals surface area contributed by atoms with Gasteiger partial charge in [-0.25, -0.2) is 4.79 Å². The molecule has 9 heteroatoms. The minimum atomic E-state index is -0.841. The summed E-state index contributed by atoms with van der Waals surface area (Å²) in [5, 5.41) is 0. The van der Waals surface area contributed by atoms with Gasteiger partial charge in [-0.05, 0) is 81.0 Å². The van der Waals surface area contributed by atoms with Crippen LogP contribution in [0.3, 0.4) is 0 Å². The molecule has 4 rings (SSSR count). The number of aryl methyl sites for hydroxylation is 2. The number of piperidine rings is 1. The highest BCUT2D eigenvalue weighted by Crippen LogP contribution is 2.35. The molecule has 3 aromatic rings. The molecule has 1 amide bonds. The second-order valence-corrected chi connectivity index (χ2v) is 10.9. The summed E-state index contributed by atoms with van der Waals surface area (Å²) in [5.41, 5.74) is 2.41. The summed E-state index contributed by atoms with van der Waals surface area (Å²) in [6.45, 7) is 0.284. The van der Waals surface area contributed by atoms with Gasteiger partial charge in [0.25, 0.3) is 11.7 Å². The number of carbonyl (C=O) groups excluding carboxylic acids is 3. The van der Waals surface area contributed by atoms with Crippen LogP contribution in [-0.4, -0.2) is 67.6 Å². The predicted molar refractivity (Wildman–Crippen MR) is 166 cm³/mol. The molecule has 0 bridgehead atoms. The lowest BCUT2D eigenvalue weighted by molar-refractivity contribution is -0.161. The average Bonchev–Trinajstić information content (AvgIpc) is 3.07. The molecule has 1 aliphatic rings. The summed E-state index contributed by atoms with van der Waals surface area (Å²) in [4.78, 5) is 46.4. The molecule has 1 aliphatic heterocycles. The Bertz CT molecular complexity index is 1310. The van der Waals surface area contributed by atoms with Crippen molar-refractivity contribution in [3.05, 3.63) is 83.7 Å². The van der Waals surface area contributed by atoms with Crippen molar-refractivity contribution in [2.75, 3.05) is 27.9 Å². The van der Waals surface area contributed by atoms with Crippen molar-refractivity contribution in [3.63, 3.8) is 0 Å². The molecule has 9 nitrogen and oxygen atoms in total. The summed E-state index contributed by atoms with van der Waals surface area (Å²) in [7, 11) is 4.30. The smallest absolute Gasteiger partial charge is 0.329 e. The summed E-state index contributed by atoms with van der Waals surface area (Å²) in [6, 6.07) is 16.4. The number of aromatic nitrogens is 1. The molecule has 2 aromatic carbocycles. The highest BCUT2D eigenvalue weighted by atomic mass is 16.5. The van der Waals surface area contributed by atoms with Crippen LogP contribution in [0.25, 0.3) is 0 Å². The summed E-state index contributed by atoms with van der Waals surface area (Å²) in [5.74, 6) is -1.33. The topological polar surface area (TPSA) is 104 Å². The summed E-state index contributed by atoms with van der Waals surface area (Å²) < 4.78 is 22.2. The third kappa shape index (κ3) is 8.58. The first-order valence-corrected chi connectivity index (χ1v) is 15.2. The van der Waals surface area contributed by atoms with Crippen LogP contribution in [0, 0.1) is 0 Å². The fourth-order valence-electron chi connectivity index (χ4n) is 5.65. The van der Waals surface area contributed by atoms with E-state index in [1.807, 2.05) is 30.3 Å². The van der Waals surface area contributed by atoms with E-state index in [0.29, 0.717) is 31.4 Å². The van der Waals surface area contributed by atoms with Crippen molar-refractivity contribution in [2.24, 2.45) is 0 Å². The highest BCUT2D eigenvalue weighted by molar-refractivity contribution is 6.44. The van der Waals surface area contributed by atoms with Gasteiger partial charge in [0.2, 0.25) is 0 Å². The maximum atomic E-state index is 13.7. The minimum Gasteiger partial charge on any atom is -0.496 e. The van der Waals surface area contributed by atoms with Gasteiger partial charge in [0.1, 0.15) is 35.0 Å². The maximum Gasteiger partial charge on any atom is 0.329 e. The molecular weight excluding hydrogens is 560 g/mol. The van der Waals surface area contributed by atoms with Crippen molar-refractivity contribution in [1.29, 1.82) is 0 Å². The Kier molecular flexibility index (Phi) is 12.2. The summed E-state index contributed by atoms with van der Waals surface area (Å²) >= 11 is 0. The molecular formula is C35H42N2O7. The molecule has 0 radical (unpaired) electrons. The van der Waals surface area contributed by atoms with Crippen LogP contribution in [0.2, 0.25) is 0 Å².